The average molecular weight is 465 g/mol. The quantitative estimate of drug-likeness (QED) is 0.408. The van der Waals surface area contributed by atoms with E-state index in [9.17, 15) is 13.2 Å². The first-order valence-corrected chi connectivity index (χ1v) is 11.1. The van der Waals surface area contributed by atoms with Gasteiger partial charge in [0.25, 0.3) is 15.9 Å². The van der Waals surface area contributed by atoms with Crippen LogP contribution in [0, 0.1) is 0 Å². The monoisotopic (exact) mass is 465 g/mol. The van der Waals surface area contributed by atoms with Gasteiger partial charge in [-0.05, 0) is 54.6 Å². The number of methoxy groups -OCH3 is 1. The van der Waals surface area contributed by atoms with Crippen molar-refractivity contribution in [2.75, 3.05) is 11.8 Å². The number of rotatable bonds is 8. The molecule has 2 aromatic heterocycles. The molecule has 0 aliphatic rings. The zero-order chi connectivity index (χ0) is 23.4. The van der Waals surface area contributed by atoms with E-state index >= 15 is 0 Å². The van der Waals surface area contributed by atoms with Crippen molar-refractivity contribution in [3.8, 4) is 23.2 Å². The minimum atomic E-state index is -3.97. The highest BCUT2D eigenvalue weighted by molar-refractivity contribution is 7.92. The van der Waals surface area contributed by atoms with Gasteiger partial charge in [-0.15, -0.1) is 0 Å². The first kappa shape index (κ1) is 21.8. The molecule has 33 heavy (non-hydrogen) atoms. The highest BCUT2D eigenvalue weighted by Crippen LogP contribution is 2.26. The van der Waals surface area contributed by atoms with Crippen molar-refractivity contribution in [1.82, 2.24) is 14.5 Å². The molecule has 1 amide bonds. The van der Waals surface area contributed by atoms with Crippen LogP contribution in [-0.2, 0) is 10.0 Å². The molecule has 3 N–H and O–H groups in total. The second-order valence-electron chi connectivity index (χ2n) is 6.76. The van der Waals surface area contributed by atoms with Gasteiger partial charge in [0.1, 0.15) is 23.6 Å². The van der Waals surface area contributed by atoms with Crippen molar-refractivity contribution in [2.24, 2.45) is 5.73 Å². The molecule has 0 radical (unpaired) electrons. The number of sulfonamides is 1. The Labute approximate surface area is 189 Å². The maximum atomic E-state index is 12.7. The lowest BCUT2D eigenvalue weighted by Crippen LogP contribution is -2.16. The molecule has 168 valence electrons. The number of anilines is 1. The van der Waals surface area contributed by atoms with Crippen LogP contribution in [0.1, 0.15) is 10.4 Å². The van der Waals surface area contributed by atoms with E-state index in [4.69, 9.17) is 15.2 Å². The normalized spacial score (nSPS) is 11.1. The summed E-state index contributed by atoms with van der Waals surface area (Å²) in [6, 6.07) is 15.6. The van der Waals surface area contributed by atoms with Gasteiger partial charge in [0, 0.05) is 24.1 Å². The largest absolute Gasteiger partial charge is 0.496 e. The standard InChI is InChI=1S/C22H19N5O5S/c1-31-19-9-8-17(12-18(19)22(23)28)33(29,30)26-15-4-6-16(7-5-15)32-21-13-20(24-14-25-21)27-10-2-3-11-27/h2-14,26H,1H3,(H2,23,28). The number of carbonyl (C=O) groups excluding carboxylic acids is 1. The molecule has 0 fully saturated rings. The molecule has 0 atom stereocenters. The predicted molar refractivity (Wildman–Crippen MR) is 120 cm³/mol. The predicted octanol–water partition coefficient (Wildman–Crippen LogP) is 2.97. The zero-order valence-corrected chi connectivity index (χ0v) is 18.2. The lowest BCUT2D eigenvalue weighted by atomic mass is 10.2. The Morgan fingerprint density at radius 3 is 2.42 bits per heavy atom. The lowest BCUT2D eigenvalue weighted by Gasteiger charge is -2.12. The van der Waals surface area contributed by atoms with Gasteiger partial charge < -0.3 is 19.8 Å². The summed E-state index contributed by atoms with van der Waals surface area (Å²) in [6.07, 6.45) is 5.09. The van der Waals surface area contributed by atoms with Crippen molar-refractivity contribution >= 4 is 21.6 Å². The van der Waals surface area contributed by atoms with Crippen molar-refractivity contribution in [3.05, 3.63) is 84.9 Å². The smallest absolute Gasteiger partial charge is 0.261 e. The molecule has 0 saturated heterocycles. The number of amides is 1. The number of primary amides is 1. The summed E-state index contributed by atoms with van der Waals surface area (Å²) in [5, 5.41) is 0. The van der Waals surface area contributed by atoms with E-state index in [1.54, 1.807) is 30.3 Å². The number of nitrogens with zero attached hydrogens (tertiary/aromatic N) is 3. The third kappa shape index (κ3) is 4.93. The Morgan fingerprint density at radius 1 is 1.03 bits per heavy atom. The zero-order valence-electron chi connectivity index (χ0n) is 17.4. The minimum absolute atomic E-state index is 0.0340. The Morgan fingerprint density at radius 2 is 1.76 bits per heavy atom. The van der Waals surface area contributed by atoms with E-state index in [1.807, 2.05) is 29.1 Å². The fourth-order valence-electron chi connectivity index (χ4n) is 2.99. The Bertz CT molecular complexity index is 1390. The minimum Gasteiger partial charge on any atom is -0.496 e. The van der Waals surface area contributed by atoms with Gasteiger partial charge in [0.2, 0.25) is 5.88 Å². The molecule has 0 aliphatic carbocycles. The van der Waals surface area contributed by atoms with E-state index in [-0.39, 0.29) is 16.2 Å². The molecular weight excluding hydrogens is 446 g/mol. The van der Waals surface area contributed by atoms with Gasteiger partial charge in [0.15, 0.2) is 0 Å². The first-order valence-electron chi connectivity index (χ1n) is 9.60. The fourth-order valence-corrected chi connectivity index (χ4v) is 4.07. The Balaban J connectivity index is 1.49. The maximum Gasteiger partial charge on any atom is 0.261 e. The number of benzene rings is 2. The molecule has 2 heterocycles. The average Bonchev–Trinajstić information content (AvgIpc) is 3.35. The number of hydrogen-bond acceptors (Lipinski definition) is 7. The van der Waals surface area contributed by atoms with Crippen LogP contribution in [0.5, 0.6) is 17.4 Å². The van der Waals surface area contributed by atoms with E-state index in [0.717, 1.165) is 0 Å². The number of aromatic nitrogens is 3. The molecule has 4 rings (SSSR count). The molecule has 10 nitrogen and oxygen atoms in total. The maximum absolute atomic E-state index is 12.7. The van der Waals surface area contributed by atoms with Crippen LogP contribution in [0.15, 0.2) is 84.3 Å². The van der Waals surface area contributed by atoms with Crippen molar-refractivity contribution in [1.29, 1.82) is 0 Å². The van der Waals surface area contributed by atoms with Crippen LogP contribution in [-0.4, -0.2) is 36.0 Å². The number of nitrogens with one attached hydrogen (secondary N) is 1. The molecule has 2 aromatic carbocycles. The van der Waals surface area contributed by atoms with Gasteiger partial charge in [-0.2, -0.15) is 0 Å². The Hall–Kier alpha value is -4.38. The molecule has 0 spiro atoms. The van der Waals surface area contributed by atoms with E-state index < -0.39 is 15.9 Å². The number of hydrogen-bond donors (Lipinski definition) is 2. The van der Waals surface area contributed by atoms with Crippen molar-refractivity contribution in [3.63, 3.8) is 0 Å². The van der Waals surface area contributed by atoms with Gasteiger partial charge in [-0.1, -0.05) is 0 Å². The number of carbonyl (C=O) groups is 1. The number of nitrogens with two attached hydrogens (primary N) is 1. The summed E-state index contributed by atoms with van der Waals surface area (Å²) >= 11 is 0. The van der Waals surface area contributed by atoms with E-state index in [2.05, 4.69) is 14.7 Å². The highest BCUT2D eigenvalue weighted by Gasteiger charge is 2.19. The van der Waals surface area contributed by atoms with Crippen LogP contribution >= 0.6 is 0 Å². The van der Waals surface area contributed by atoms with Gasteiger partial charge in [-0.25, -0.2) is 18.4 Å². The summed E-state index contributed by atoms with van der Waals surface area (Å²) in [6.45, 7) is 0. The molecular formula is C22H19N5O5S. The summed E-state index contributed by atoms with van der Waals surface area (Å²) in [5.74, 6) is 0.821. The van der Waals surface area contributed by atoms with Gasteiger partial charge in [0.05, 0.1) is 17.6 Å². The second-order valence-corrected chi connectivity index (χ2v) is 8.45. The fraction of sp³-hybridized carbons (Fsp3) is 0.0455. The third-order valence-corrected chi connectivity index (χ3v) is 5.95. The lowest BCUT2D eigenvalue weighted by molar-refractivity contribution is 0.0997. The van der Waals surface area contributed by atoms with E-state index in [0.29, 0.717) is 23.1 Å². The molecule has 11 heteroatoms. The summed E-state index contributed by atoms with van der Waals surface area (Å²) in [5.41, 5.74) is 5.58. The summed E-state index contributed by atoms with van der Waals surface area (Å²) in [4.78, 5) is 19.8. The third-order valence-electron chi connectivity index (χ3n) is 4.57. The van der Waals surface area contributed by atoms with Crippen LogP contribution in [0.25, 0.3) is 5.82 Å². The topological polar surface area (TPSA) is 138 Å². The highest BCUT2D eigenvalue weighted by atomic mass is 32.2. The van der Waals surface area contributed by atoms with Crippen molar-refractivity contribution in [2.45, 2.75) is 4.90 Å². The van der Waals surface area contributed by atoms with Crippen LogP contribution < -0.4 is 19.9 Å². The molecule has 4 aromatic rings. The summed E-state index contributed by atoms with van der Waals surface area (Å²) in [7, 11) is -2.61. The van der Waals surface area contributed by atoms with Gasteiger partial charge >= 0.3 is 0 Å². The first-order chi connectivity index (χ1) is 15.9. The summed E-state index contributed by atoms with van der Waals surface area (Å²) < 4.78 is 40.6. The molecule has 0 bridgehead atoms. The number of ether oxygens (including phenoxy) is 2. The van der Waals surface area contributed by atoms with E-state index in [1.165, 1.54) is 31.6 Å². The van der Waals surface area contributed by atoms with Gasteiger partial charge in [-0.3, -0.25) is 9.52 Å². The van der Waals surface area contributed by atoms with Crippen LogP contribution in [0.4, 0.5) is 5.69 Å². The Kier molecular flexibility index (Phi) is 5.96. The van der Waals surface area contributed by atoms with Crippen molar-refractivity contribution < 1.29 is 22.7 Å². The molecule has 0 unspecified atom stereocenters. The SMILES string of the molecule is COc1ccc(S(=O)(=O)Nc2ccc(Oc3cc(-n4cccc4)ncn3)cc2)cc1C(N)=O. The van der Waals surface area contributed by atoms with Crippen LogP contribution in [0.2, 0.25) is 0 Å². The molecule has 0 aliphatic heterocycles. The second kappa shape index (κ2) is 9.01. The molecule has 0 saturated carbocycles. The van der Waals surface area contributed by atoms with Crippen LogP contribution in [0.3, 0.4) is 0 Å².